The first kappa shape index (κ1) is 38.5. The van der Waals surface area contributed by atoms with Gasteiger partial charge in [-0.1, -0.05) is 212 Å². The number of pyridine rings is 1. The van der Waals surface area contributed by atoms with Gasteiger partial charge in [0, 0.05) is 60.4 Å². The molecular formula is C63H40N4. The van der Waals surface area contributed by atoms with Gasteiger partial charge in [0.25, 0.3) is 0 Å². The van der Waals surface area contributed by atoms with E-state index in [2.05, 4.69) is 223 Å². The lowest BCUT2D eigenvalue weighted by molar-refractivity contribution is 1.18. The Morgan fingerprint density at radius 1 is 0.299 bits per heavy atom. The SMILES string of the molecule is c1ccc(-c2ccc(-c3cc(-c4ccc(-c5nc6c(-c7ccc(-n8c9ccccc9c9ccccc98)cc7)cccc6c6c5ccc5ccccc56)cc4)nc(-c4ccccc4)n3)cc2)cc1. The summed E-state index contributed by atoms with van der Waals surface area (Å²) < 4.78 is 2.37. The Balaban J connectivity index is 0.932. The van der Waals surface area contributed by atoms with Crippen molar-refractivity contribution in [3.05, 3.63) is 243 Å². The first-order valence-corrected chi connectivity index (χ1v) is 22.8. The smallest absolute Gasteiger partial charge is 0.160 e. The first-order valence-electron chi connectivity index (χ1n) is 22.8. The minimum atomic E-state index is 0.689. The normalized spacial score (nSPS) is 11.6. The molecule has 4 heteroatoms. The van der Waals surface area contributed by atoms with Gasteiger partial charge < -0.3 is 4.57 Å². The number of fused-ring (bicyclic) bond motifs is 8. The molecule has 13 aromatic rings. The maximum Gasteiger partial charge on any atom is 0.160 e. The molecule has 0 fully saturated rings. The Morgan fingerprint density at radius 3 is 1.46 bits per heavy atom. The van der Waals surface area contributed by atoms with E-state index in [1.807, 2.05) is 24.3 Å². The maximum atomic E-state index is 5.62. The van der Waals surface area contributed by atoms with Crippen molar-refractivity contribution >= 4 is 54.3 Å². The molecule has 3 heterocycles. The predicted octanol–water partition coefficient (Wildman–Crippen LogP) is 16.4. The van der Waals surface area contributed by atoms with Crippen molar-refractivity contribution in [1.29, 1.82) is 0 Å². The van der Waals surface area contributed by atoms with Crippen molar-refractivity contribution in [3.63, 3.8) is 0 Å². The number of para-hydroxylation sites is 3. The van der Waals surface area contributed by atoms with Crippen LogP contribution in [0.1, 0.15) is 0 Å². The highest BCUT2D eigenvalue weighted by Gasteiger charge is 2.18. The summed E-state index contributed by atoms with van der Waals surface area (Å²) >= 11 is 0. The molecule has 0 aliphatic heterocycles. The van der Waals surface area contributed by atoms with Crippen LogP contribution < -0.4 is 0 Å². The van der Waals surface area contributed by atoms with Gasteiger partial charge in [-0.3, -0.25) is 0 Å². The van der Waals surface area contributed by atoms with Crippen LogP contribution in [0.2, 0.25) is 0 Å². The minimum absolute atomic E-state index is 0.689. The highest BCUT2D eigenvalue weighted by atomic mass is 15.0. The van der Waals surface area contributed by atoms with Crippen LogP contribution in [0.5, 0.6) is 0 Å². The Labute approximate surface area is 387 Å². The summed E-state index contributed by atoms with van der Waals surface area (Å²) in [5, 5.41) is 8.38. The summed E-state index contributed by atoms with van der Waals surface area (Å²) in [7, 11) is 0. The number of hydrogen-bond acceptors (Lipinski definition) is 3. The number of benzene rings is 10. The van der Waals surface area contributed by atoms with Crippen molar-refractivity contribution in [1.82, 2.24) is 19.5 Å². The van der Waals surface area contributed by atoms with Crippen molar-refractivity contribution in [3.8, 4) is 73.1 Å². The monoisotopic (exact) mass is 852 g/mol. The summed E-state index contributed by atoms with van der Waals surface area (Å²) in [6, 6.07) is 86.2. The zero-order valence-electron chi connectivity index (χ0n) is 36.4. The molecule has 0 unspecified atom stereocenters. The number of aromatic nitrogens is 4. The van der Waals surface area contributed by atoms with Crippen LogP contribution in [-0.2, 0) is 0 Å². The van der Waals surface area contributed by atoms with Crippen LogP contribution in [-0.4, -0.2) is 19.5 Å². The van der Waals surface area contributed by atoms with Gasteiger partial charge in [0.05, 0.1) is 33.6 Å². The van der Waals surface area contributed by atoms with Crippen LogP contribution >= 0.6 is 0 Å². The second-order valence-corrected chi connectivity index (χ2v) is 17.1. The van der Waals surface area contributed by atoms with Gasteiger partial charge in [-0.15, -0.1) is 0 Å². The lowest BCUT2D eigenvalue weighted by Crippen LogP contribution is -1.96. The molecule has 10 aromatic carbocycles. The van der Waals surface area contributed by atoms with Crippen molar-refractivity contribution in [2.24, 2.45) is 0 Å². The third-order valence-electron chi connectivity index (χ3n) is 13.2. The average Bonchev–Trinajstić information content (AvgIpc) is 3.75. The zero-order valence-corrected chi connectivity index (χ0v) is 36.4. The topological polar surface area (TPSA) is 43.6 Å². The third-order valence-corrected chi connectivity index (χ3v) is 13.2. The minimum Gasteiger partial charge on any atom is -0.309 e. The molecule has 0 saturated carbocycles. The van der Waals surface area contributed by atoms with Gasteiger partial charge in [-0.05, 0) is 57.8 Å². The Kier molecular flexibility index (Phi) is 9.14. The molecule has 0 saturated heterocycles. The molecule has 0 bridgehead atoms. The molecule has 0 atom stereocenters. The number of nitrogens with zero attached hydrogens (tertiary/aromatic N) is 4. The summed E-state index contributed by atoms with van der Waals surface area (Å²) in [5.74, 6) is 0.689. The third kappa shape index (κ3) is 6.65. The van der Waals surface area contributed by atoms with Gasteiger partial charge >= 0.3 is 0 Å². The lowest BCUT2D eigenvalue weighted by Gasteiger charge is -2.16. The van der Waals surface area contributed by atoms with Crippen molar-refractivity contribution in [2.75, 3.05) is 0 Å². The fourth-order valence-electron chi connectivity index (χ4n) is 9.96. The van der Waals surface area contributed by atoms with Crippen LogP contribution in [0.15, 0.2) is 243 Å². The molecule has 13 rings (SSSR count). The zero-order chi connectivity index (χ0) is 44.3. The van der Waals surface area contributed by atoms with E-state index in [9.17, 15) is 0 Å². The van der Waals surface area contributed by atoms with E-state index >= 15 is 0 Å². The summed E-state index contributed by atoms with van der Waals surface area (Å²) in [5.41, 5.74) is 15.8. The van der Waals surface area contributed by atoms with Crippen LogP contribution in [0.3, 0.4) is 0 Å². The van der Waals surface area contributed by atoms with Gasteiger partial charge in [-0.25, -0.2) is 15.0 Å². The predicted molar refractivity (Wildman–Crippen MR) is 279 cm³/mol. The fourth-order valence-corrected chi connectivity index (χ4v) is 9.96. The van der Waals surface area contributed by atoms with Crippen LogP contribution in [0, 0.1) is 0 Å². The quantitative estimate of drug-likeness (QED) is 0.150. The molecule has 4 nitrogen and oxygen atoms in total. The van der Waals surface area contributed by atoms with Gasteiger partial charge in [0.1, 0.15) is 0 Å². The largest absolute Gasteiger partial charge is 0.309 e. The molecular weight excluding hydrogens is 813 g/mol. The average molecular weight is 853 g/mol. The summed E-state index contributed by atoms with van der Waals surface area (Å²) in [6.45, 7) is 0. The fraction of sp³-hybridized carbons (Fsp3) is 0. The standard InChI is InChI=1S/C63H40N4/c1-3-14-41(15-4-1)42-26-28-45(29-27-42)56-40-57(65-63(64-56)48-17-5-2-6-18-48)46-30-32-47(33-31-46)61-55-39-36-43-16-7-8-19-50(43)60(55)54-23-13-22-51(62(54)66-61)44-34-37-49(38-35-44)67-58-24-11-9-20-52(58)53-21-10-12-25-59(53)67/h1-40H. The van der Waals surface area contributed by atoms with Gasteiger partial charge in [0.15, 0.2) is 5.82 Å². The van der Waals surface area contributed by atoms with Crippen LogP contribution in [0.4, 0.5) is 0 Å². The molecule has 0 N–H and O–H groups in total. The van der Waals surface area contributed by atoms with E-state index < -0.39 is 0 Å². The number of rotatable bonds is 7. The van der Waals surface area contributed by atoms with Crippen molar-refractivity contribution in [2.45, 2.75) is 0 Å². The summed E-state index contributed by atoms with van der Waals surface area (Å²) in [6.07, 6.45) is 0. The number of hydrogen-bond donors (Lipinski definition) is 0. The second kappa shape index (κ2) is 15.9. The molecule has 0 aliphatic rings. The van der Waals surface area contributed by atoms with E-state index in [1.54, 1.807) is 0 Å². The molecule has 3 aromatic heterocycles. The first-order chi connectivity index (χ1) is 33.2. The second-order valence-electron chi connectivity index (χ2n) is 17.1. The molecule has 0 aliphatic carbocycles. The highest BCUT2D eigenvalue weighted by Crippen LogP contribution is 2.41. The molecule has 312 valence electrons. The Morgan fingerprint density at radius 2 is 0.806 bits per heavy atom. The van der Waals surface area contributed by atoms with E-state index in [4.69, 9.17) is 15.0 Å². The molecule has 67 heavy (non-hydrogen) atoms. The van der Waals surface area contributed by atoms with E-state index in [-0.39, 0.29) is 0 Å². The highest BCUT2D eigenvalue weighted by molar-refractivity contribution is 6.24. The molecule has 0 spiro atoms. The Bertz CT molecular complexity index is 3930. The molecule has 0 radical (unpaired) electrons. The Hall–Kier alpha value is -8.99. The van der Waals surface area contributed by atoms with Gasteiger partial charge in [-0.2, -0.15) is 0 Å². The molecule has 0 amide bonds. The van der Waals surface area contributed by atoms with E-state index in [0.717, 1.165) is 72.4 Å². The summed E-state index contributed by atoms with van der Waals surface area (Å²) in [4.78, 5) is 15.9. The maximum absolute atomic E-state index is 5.62. The van der Waals surface area contributed by atoms with E-state index in [1.165, 1.54) is 49.1 Å². The van der Waals surface area contributed by atoms with E-state index in [0.29, 0.717) is 5.82 Å². The van der Waals surface area contributed by atoms with Crippen LogP contribution in [0.25, 0.3) is 127 Å². The van der Waals surface area contributed by atoms with Gasteiger partial charge in [0.2, 0.25) is 0 Å². The van der Waals surface area contributed by atoms with Crippen molar-refractivity contribution < 1.29 is 0 Å². The lowest BCUT2D eigenvalue weighted by atomic mass is 9.92.